The lowest BCUT2D eigenvalue weighted by Gasteiger charge is -2.15. The molecule has 0 spiro atoms. The molecule has 0 aliphatic carbocycles. The molecule has 1 aromatic carbocycles. The zero-order valence-electron chi connectivity index (χ0n) is 20.2. The maximum atomic E-state index is 16.1. The van der Waals surface area contributed by atoms with E-state index in [1.54, 1.807) is 36.7 Å². The van der Waals surface area contributed by atoms with Gasteiger partial charge in [0.15, 0.2) is 11.5 Å². The summed E-state index contributed by atoms with van der Waals surface area (Å²) < 4.78 is 30.6. The summed E-state index contributed by atoms with van der Waals surface area (Å²) in [5, 5.41) is 7.35. The Morgan fingerprint density at radius 3 is 2.66 bits per heavy atom. The molecule has 8 nitrogen and oxygen atoms in total. The van der Waals surface area contributed by atoms with Crippen LogP contribution in [-0.2, 0) is 6.54 Å². The van der Waals surface area contributed by atoms with Crippen molar-refractivity contribution in [1.82, 2.24) is 40.0 Å². The van der Waals surface area contributed by atoms with E-state index in [0.29, 0.717) is 44.9 Å². The van der Waals surface area contributed by atoms with Crippen LogP contribution in [0.5, 0.6) is 0 Å². The van der Waals surface area contributed by atoms with Crippen molar-refractivity contribution in [3.8, 4) is 33.9 Å². The van der Waals surface area contributed by atoms with Crippen molar-refractivity contribution < 1.29 is 8.78 Å². The highest BCUT2D eigenvalue weighted by atomic mass is 19.1. The Hall–Kier alpha value is -4.57. The summed E-state index contributed by atoms with van der Waals surface area (Å²) >= 11 is 0. The number of halogens is 2. The topological polar surface area (TPSA) is 99.3 Å². The van der Waals surface area contributed by atoms with Gasteiger partial charge < -0.3 is 4.98 Å². The minimum Gasteiger partial charge on any atom is -0.336 e. The van der Waals surface area contributed by atoms with Crippen molar-refractivity contribution in [1.29, 1.82) is 0 Å². The molecule has 7 rings (SSSR count). The van der Waals surface area contributed by atoms with E-state index in [0.717, 1.165) is 25.2 Å². The Balaban J connectivity index is 1.32. The van der Waals surface area contributed by atoms with E-state index in [-0.39, 0.29) is 11.1 Å². The van der Waals surface area contributed by atoms with Gasteiger partial charge in [-0.3, -0.25) is 20.0 Å². The van der Waals surface area contributed by atoms with E-state index < -0.39 is 11.6 Å². The molecule has 2 N–H and O–H groups in total. The van der Waals surface area contributed by atoms with E-state index in [1.807, 2.05) is 12.3 Å². The standard InChI is InChI=1S/C28H22F2N8/c29-20-6-2-1-5-18(20)24-25-21(7-8-32-24)34-28(35-25)26-22-23(30)19(14-33-27(22)37-36-26)17-11-16(12-31-13-17)15-38-9-3-4-10-38/h1-2,5-8,11-14H,3-4,9-10,15H2,(H,34,35)(H,33,36,37). The third-order valence-corrected chi connectivity index (χ3v) is 6.99. The molecular weight excluding hydrogens is 486 g/mol. The molecule has 188 valence electrons. The average Bonchev–Trinajstić information content (AvgIpc) is 3.69. The van der Waals surface area contributed by atoms with Crippen LogP contribution >= 0.6 is 0 Å². The van der Waals surface area contributed by atoms with Gasteiger partial charge in [0, 0.05) is 48.0 Å². The lowest BCUT2D eigenvalue weighted by atomic mass is 10.0. The summed E-state index contributed by atoms with van der Waals surface area (Å²) in [5.41, 5.74) is 4.42. The molecule has 0 unspecified atom stereocenters. The molecule has 38 heavy (non-hydrogen) atoms. The van der Waals surface area contributed by atoms with Gasteiger partial charge in [-0.1, -0.05) is 12.1 Å². The first kappa shape index (κ1) is 22.6. The molecule has 0 radical (unpaired) electrons. The van der Waals surface area contributed by atoms with Crippen LogP contribution in [0, 0.1) is 11.6 Å². The fourth-order valence-corrected chi connectivity index (χ4v) is 5.15. The molecule has 1 aliphatic rings. The summed E-state index contributed by atoms with van der Waals surface area (Å²) in [5.74, 6) is -0.537. The molecule has 0 saturated carbocycles. The number of likely N-dealkylation sites (tertiary alicyclic amines) is 1. The third-order valence-electron chi connectivity index (χ3n) is 6.99. The largest absolute Gasteiger partial charge is 0.336 e. The minimum absolute atomic E-state index is 0.215. The van der Waals surface area contributed by atoms with E-state index in [2.05, 4.69) is 40.0 Å². The number of fused-ring (bicyclic) bond motifs is 2. The first-order valence-electron chi connectivity index (χ1n) is 12.4. The van der Waals surface area contributed by atoms with Crippen molar-refractivity contribution >= 4 is 22.1 Å². The monoisotopic (exact) mass is 508 g/mol. The highest BCUT2D eigenvalue weighted by molar-refractivity contribution is 5.96. The number of benzene rings is 1. The molecule has 0 amide bonds. The maximum absolute atomic E-state index is 16.1. The fourth-order valence-electron chi connectivity index (χ4n) is 5.15. The molecule has 6 aromatic rings. The van der Waals surface area contributed by atoms with Gasteiger partial charge in [0.05, 0.1) is 10.9 Å². The van der Waals surface area contributed by atoms with Crippen molar-refractivity contribution in [3.63, 3.8) is 0 Å². The summed E-state index contributed by atoms with van der Waals surface area (Å²) in [6.45, 7) is 2.92. The maximum Gasteiger partial charge on any atom is 0.159 e. The highest BCUT2D eigenvalue weighted by Gasteiger charge is 2.22. The summed E-state index contributed by atoms with van der Waals surface area (Å²) in [7, 11) is 0. The number of aromatic amines is 2. The summed E-state index contributed by atoms with van der Waals surface area (Å²) in [4.78, 5) is 23.4. The van der Waals surface area contributed by atoms with Gasteiger partial charge in [-0.25, -0.2) is 18.7 Å². The number of hydrogen-bond donors (Lipinski definition) is 2. The number of nitrogens with one attached hydrogen (secondary N) is 2. The van der Waals surface area contributed by atoms with Gasteiger partial charge in [0.25, 0.3) is 0 Å². The van der Waals surface area contributed by atoms with Gasteiger partial charge in [-0.2, -0.15) is 5.10 Å². The smallest absolute Gasteiger partial charge is 0.159 e. The Morgan fingerprint density at radius 1 is 0.921 bits per heavy atom. The number of hydrogen-bond acceptors (Lipinski definition) is 6. The van der Waals surface area contributed by atoms with Crippen LogP contribution in [0.15, 0.2) is 61.2 Å². The molecular formula is C28H22F2N8. The normalized spacial score (nSPS) is 14.2. The van der Waals surface area contributed by atoms with Gasteiger partial charge in [0.2, 0.25) is 0 Å². The summed E-state index contributed by atoms with van der Waals surface area (Å²) in [6.07, 6.45) is 8.94. The number of pyridine rings is 3. The van der Waals surface area contributed by atoms with Crippen LogP contribution in [0.3, 0.4) is 0 Å². The molecule has 1 aliphatic heterocycles. The minimum atomic E-state index is -0.466. The summed E-state index contributed by atoms with van der Waals surface area (Å²) in [6, 6.07) is 10.1. The zero-order valence-corrected chi connectivity index (χ0v) is 20.2. The lowest BCUT2D eigenvalue weighted by molar-refractivity contribution is 0.331. The van der Waals surface area contributed by atoms with Gasteiger partial charge in [0.1, 0.15) is 28.5 Å². The quantitative estimate of drug-likeness (QED) is 0.319. The van der Waals surface area contributed by atoms with Crippen molar-refractivity contribution in [2.75, 3.05) is 13.1 Å². The highest BCUT2D eigenvalue weighted by Crippen LogP contribution is 2.34. The molecule has 0 bridgehead atoms. The van der Waals surface area contributed by atoms with Gasteiger partial charge in [-0.05, 0) is 55.8 Å². The van der Waals surface area contributed by atoms with Crippen LogP contribution in [0.25, 0.3) is 56.0 Å². The number of imidazole rings is 1. The predicted octanol–water partition coefficient (Wildman–Crippen LogP) is 5.50. The van der Waals surface area contributed by atoms with Crippen LogP contribution in [0.2, 0.25) is 0 Å². The van der Waals surface area contributed by atoms with E-state index in [4.69, 9.17) is 0 Å². The predicted molar refractivity (Wildman–Crippen MR) is 140 cm³/mol. The molecule has 0 atom stereocenters. The van der Waals surface area contributed by atoms with Gasteiger partial charge >= 0.3 is 0 Å². The molecule has 1 fully saturated rings. The zero-order chi connectivity index (χ0) is 25.6. The first-order valence-corrected chi connectivity index (χ1v) is 12.4. The second kappa shape index (κ2) is 9.07. The second-order valence-electron chi connectivity index (χ2n) is 9.47. The number of aromatic nitrogens is 7. The second-order valence-corrected chi connectivity index (χ2v) is 9.47. The average molecular weight is 509 g/mol. The van der Waals surface area contributed by atoms with Crippen LogP contribution in [0.1, 0.15) is 18.4 Å². The Morgan fingerprint density at radius 2 is 1.79 bits per heavy atom. The molecule has 1 saturated heterocycles. The Bertz CT molecular complexity index is 1800. The number of H-pyrrole nitrogens is 2. The van der Waals surface area contributed by atoms with E-state index >= 15 is 4.39 Å². The van der Waals surface area contributed by atoms with Crippen molar-refractivity contribution in [3.05, 3.63) is 78.4 Å². The van der Waals surface area contributed by atoms with E-state index in [9.17, 15) is 4.39 Å². The van der Waals surface area contributed by atoms with E-state index in [1.165, 1.54) is 25.1 Å². The Labute approximate surface area is 215 Å². The number of nitrogens with zero attached hydrogens (tertiary/aromatic N) is 6. The molecule has 10 heteroatoms. The van der Waals surface area contributed by atoms with Crippen molar-refractivity contribution in [2.24, 2.45) is 0 Å². The lowest BCUT2D eigenvalue weighted by Crippen LogP contribution is -2.18. The van der Waals surface area contributed by atoms with Crippen molar-refractivity contribution in [2.45, 2.75) is 19.4 Å². The SMILES string of the molecule is Fc1ccccc1-c1nccc2[nH]c(-c3n[nH]c4ncc(-c5cncc(CN6CCCC6)c5)c(F)c34)nc12. The first-order chi connectivity index (χ1) is 18.7. The fraction of sp³-hybridized carbons (Fsp3) is 0.179. The Kier molecular flexibility index (Phi) is 5.40. The van der Waals surface area contributed by atoms with Crippen LogP contribution in [0.4, 0.5) is 8.78 Å². The van der Waals surface area contributed by atoms with Gasteiger partial charge in [-0.15, -0.1) is 0 Å². The molecule has 6 heterocycles. The van der Waals surface area contributed by atoms with Crippen LogP contribution in [-0.4, -0.2) is 53.1 Å². The van der Waals surface area contributed by atoms with Crippen LogP contribution < -0.4 is 0 Å². The third kappa shape index (κ3) is 3.81. The molecule has 5 aromatic heterocycles. The number of rotatable bonds is 5.